The molecule has 1 rings (SSSR count). The van der Waals surface area contributed by atoms with Crippen LogP contribution in [-0.2, 0) is 4.74 Å². The Morgan fingerprint density at radius 1 is 1.31 bits per heavy atom. The molecule has 0 aromatic rings. The molecule has 0 saturated carbocycles. The summed E-state index contributed by atoms with van der Waals surface area (Å²) in [6, 6.07) is 0.377. The predicted molar refractivity (Wildman–Crippen MR) is 66.6 cm³/mol. The molecule has 1 aliphatic rings. The van der Waals surface area contributed by atoms with Crippen molar-refractivity contribution in [2.75, 3.05) is 32.9 Å². The van der Waals surface area contributed by atoms with Gasteiger partial charge in [0.05, 0.1) is 13.2 Å². The molecule has 3 nitrogen and oxygen atoms in total. The van der Waals surface area contributed by atoms with Gasteiger partial charge in [-0.15, -0.1) is 0 Å². The van der Waals surface area contributed by atoms with Gasteiger partial charge in [0.15, 0.2) is 0 Å². The Morgan fingerprint density at radius 3 is 2.81 bits per heavy atom. The van der Waals surface area contributed by atoms with E-state index >= 15 is 0 Å². The van der Waals surface area contributed by atoms with Crippen molar-refractivity contribution >= 4 is 0 Å². The lowest BCUT2D eigenvalue weighted by molar-refractivity contribution is 0.0464. The van der Waals surface area contributed by atoms with E-state index in [0.717, 1.165) is 45.1 Å². The summed E-state index contributed by atoms with van der Waals surface area (Å²) in [5.74, 6) is 0.722. The largest absolute Gasteiger partial charge is 0.395 e. The topological polar surface area (TPSA) is 32.7 Å². The van der Waals surface area contributed by atoms with Gasteiger partial charge in [0.25, 0.3) is 0 Å². The van der Waals surface area contributed by atoms with E-state index in [1.807, 2.05) is 0 Å². The molecule has 0 bridgehead atoms. The van der Waals surface area contributed by atoms with Crippen LogP contribution in [-0.4, -0.2) is 49.0 Å². The number of hydrogen-bond acceptors (Lipinski definition) is 3. The lowest BCUT2D eigenvalue weighted by Crippen LogP contribution is -2.43. The first-order chi connectivity index (χ1) is 7.74. The highest BCUT2D eigenvalue weighted by atomic mass is 16.5. The van der Waals surface area contributed by atoms with Gasteiger partial charge in [0.2, 0.25) is 0 Å². The summed E-state index contributed by atoms with van der Waals surface area (Å²) in [6.45, 7) is 8.51. The standard InChI is InChI=1S/C13H27NO2/c1-12(2)6-9-16-10-8-14-7-4-3-5-13(14)11-15/h12-13,15H,3-11H2,1-2H3/t13-/m1/s1. The second-order valence-electron chi connectivity index (χ2n) is 5.16. The van der Waals surface area contributed by atoms with Crippen LogP contribution in [0.25, 0.3) is 0 Å². The summed E-state index contributed by atoms with van der Waals surface area (Å²) in [5, 5.41) is 9.25. The fourth-order valence-electron chi connectivity index (χ4n) is 2.16. The van der Waals surface area contributed by atoms with Crippen molar-refractivity contribution in [3.63, 3.8) is 0 Å². The van der Waals surface area contributed by atoms with Gasteiger partial charge in [0, 0.05) is 19.2 Å². The van der Waals surface area contributed by atoms with Gasteiger partial charge in [-0.2, -0.15) is 0 Å². The molecule has 1 saturated heterocycles. The van der Waals surface area contributed by atoms with Gasteiger partial charge in [-0.1, -0.05) is 20.3 Å². The Hall–Kier alpha value is -0.120. The second kappa shape index (κ2) is 8.04. The van der Waals surface area contributed by atoms with Crippen LogP contribution in [0.3, 0.4) is 0 Å². The van der Waals surface area contributed by atoms with Crippen molar-refractivity contribution in [3.05, 3.63) is 0 Å². The van der Waals surface area contributed by atoms with Gasteiger partial charge in [-0.05, 0) is 31.7 Å². The van der Waals surface area contributed by atoms with Gasteiger partial charge >= 0.3 is 0 Å². The second-order valence-corrected chi connectivity index (χ2v) is 5.16. The van der Waals surface area contributed by atoms with E-state index in [0.29, 0.717) is 12.6 Å². The Kier molecular flexibility index (Phi) is 7.01. The molecule has 1 heterocycles. The minimum atomic E-state index is 0.298. The first-order valence-corrected chi connectivity index (χ1v) is 6.66. The highest BCUT2D eigenvalue weighted by molar-refractivity contribution is 4.75. The van der Waals surface area contributed by atoms with E-state index in [-0.39, 0.29) is 0 Å². The molecule has 0 aromatic carbocycles. The lowest BCUT2D eigenvalue weighted by Gasteiger charge is -2.34. The highest BCUT2D eigenvalue weighted by Crippen LogP contribution is 2.15. The number of aliphatic hydroxyl groups is 1. The molecule has 0 radical (unpaired) electrons. The molecule has 1 atom stereocenters. The molecule has 0 spiro atoms. The molecule has 0 aromatic heterocycles. The average molecular weight is 229 g/mol. The van der Waals surface area contributed by atoms with Crippen LogP contribution in [0.2, 0.25) is 0 Å². The Morgan fingerprint density at radius 2 is 2.12 bits per heavy atom. The Labute approximate surface area is 99.8 Å². The van der Waals surface area contributed by atoms with Crippen LogP contribution < -0.4 is 0 Å². The molecule has 96 valence electrons. The number of ether oxygens (including phenoxy) is 1. The van der Waals surface area contributed by atoms with Crippen LogP contribution >= 0.6 is 0 Å². The number of likely N-dealkylation sites (tertiary alicyclic amines) is 1. The number of hydrogen-bond donors (Lipinski definition) is 1. The molecule has 0 amide bonds. The van der Waals surface area contributed by atoms with E-state index in [1.165, 1.54) is 12.8 Å². The van der Waals surface area contributed by atoms with Crippen LogP contribution in [0.5, 0.6) is 0 Å². The normalized spacial score (nSPS) is 22.9. The number of aliphatic hydroxyl groups excluding tert-OH is 1. The monoisotopic (exact) mass is 229 g/mol. The maximum absolute atomic E-state index is 9.25. The van der Waals surface area contributed by atoms with E-state index in [2.05, 4.69) is 18.7 Å². The minimum absolute atomic E-state index is 0.298. The maximum atomic E-state index is 9.25. The SMILES string of the molecule is CC(C)CCOCCN1CCCC[C@@H]1CO. The molecular weight excluding hydrogens is 202 g/mol. The molecule has 16 heavy (non-hydrogen) atoms. The summed E-state index contributed by atoms with van der Waals surface area (Å²) in [6.07, 6.45) is 4.81. The minimum Gasteiger partial charge on any atom is -0.395 e. The first kappa shape index (κ1) is 13.9. The zero-order valence-corrected chi connectivity index (χ0v) is 10.8. The first-order valence-electron chi connectivity index (χ1n) is 6.66. The fourth-order valence-corrected chi connectivity index (χ4v) is 2.16. The van der Waals surface area contributed by atoms with Gasteiger partial charge in [-0.25, -0.2) is 0 Å². The van der Waals surface area contributed by atoms with Crippen molar-refractivity contribution in [3.8, 4) is 0 Å². The van der Waals surface area contributed by atoms with Crippen LogP contribution in [0.1, 0.15) is 39.5 Å². The lowest BCUT2D eigenvalue weighted by atomic mass is 10.0. The third-order valence-corrected chi connectivity index (χ3v) is 3.32. The molecule has 3 heteroatoms. The van der Waals surface area contributed by atoms with Gasteiger partial charge in [0.1, 0.15) is 0 Å². The van der Waals surface area contributed by atoms with Crippen LogP contribution in [0.15, 0.2) is 0 Å². The zero-order chi connectivity index (χ0) is 11.8. The molecule has 0 aliphatic carbocycles. The summed E-state index contributed by atoms with van der Waals surface area (Å²) in [7, 11) is 0. The Balaban J connectivity index is 2.06. The quantitative estimate of drug-likeness (QED) is 0.677. The Bertz CT molecular complexity index is 173. The summed E-state index contributed by atoms with van der Waals surface area (Å²) in [5.41, 5.74) is 0. The number of rotatable bonds is 7. The van der Waals surface area contributed by atoms with E-state index in [9.17, 15) is 5.11 Å². The predicted octanol–water partition coefficient (Wildman–Crippen LogP) is 1.90. The smallest absolute Gasteiger partial charge is 0.0593 e. The third-order valence-electron chi connectivity index (χ3n) is 3.32. The van der Waals surface area contributed by atoms with Crippen molar-refractivity contribution in [2.24, 2.45) is 5.92 Å². The van der Waals surface area contributed by atoms with Crippen molar-refractivity contribution in [2.45, 2.75) is 45.6 Å². The highest BCUT2D eigenvalue weighted by Gasteiger charge is 2.20. The fraction of sp³-hybridized carbons (Fsp3) is 1.00. The molecule has 0 unspecified atom stereocenters. The van der Waals surface area contributed by atoms with Gasteiger partial charge < -0.3 is 9.84 Å². The number of nitrogens with zero attached hydrogens (tertiary/aromatic N) is 1. The average Bonchev–Trinajstić information content (AvgIpc) is 2.29. The summed E-state index contributed by atoms with van der Waals surface area (Å²) in [4.78, 5) is 2.37. The maximum Gasteiger partial charge on any atom is 0.0593 e. The summed E-state index contributed by atoms with van der Waals surface area (Å²) >= 11 is 0. The third kappa shape index (κ3) is 5.28. The van der Waals surface area contributed by atoms with Crippen molar-refractivity contribution < 1.29 is 9.84 Å². The van der Waals surface area contributed by atoms with Crippen molar-refractivity contribution in [1.29, 1.82) is 0 Å². The van der Waals surface area contributed by atoms with E-state index in [4.69, 9.17) is 4.74 Å². The van der Waals surface area contributed by atoms with E-state index in [1.54, 1.807) is 0 Å². The van der Waals surface area contributed by atoms with Crippen LogP contribution in [0, 0.1) is 5.92 Å². The molecular formula is C13H27NO2. The van der Waals surface area contributed by atoms with E-state index < -0.39 is 0 Å². The van der Waals surface area contributed by atoms with Crippen LogP contribution in [0.4, 0.5) is 0 Å². The summed E-state index contributed by atoms with van der Waals surface area (Å²) < 4.78 is 5.62. The molecule has 1 N–H and O–H groups in total. The molecule has 1 aliphatic heterocycles. The number of piperidine rings is 1. The zero-order valence-electron chi connectivity index (χ0n) is 10.8. The van der Waals surface area contributed by atoms with Gasteiger partial charge in [-0.3, -0.25) is 4.90 Å². The van der Waals surface area contributed by atoms with Crippen molar-refractivity contribution in [1.82, 2.24) is 4.90 Å². The molecule has 1 fully saturated rings.